The lowest BCUT2D eigenvalue weighted by atomic mass is 10.0. The number of aromatic nitrogens is 2. The van der Waals surface area contributed by atoms with E-state index in [4.69, 9.17) is 0 Å². The third kappa shape index (κ3) is 3.40. The van der Waals surface area contributed by atoms with Gasteiger partial charge in [-0.15, -0.1) is 0 Å². The topological polar surface area (TPSA) is 107 Å². The molecule has 10 heteroatoms. The second-order valence-electron chi connectivity index (χ2n) is 5.93. The normalized spacial score (nSPS) is 20.4. The number of aliphatic carboxylic acids is 1. The molecule has 1 aliphatic rings. The van der Waals surface area contributed by atoms with E-state index >= 15 is 0 Å². The largest absolute Gasteiger partial charge is 0.480 e. The van der Waals surface area contributed by atoms with Gasteiger partial charge in [0.2, 0.25) is 0 Å². The van der Waals surface area contributed by atoms with E-state index in [1.54, 1.807) is 0 Å². The van der Waals surface area contributed by atoms with Crippen molar-refractivity contribution in [2.45, 2.75) is 24.7 Å². The van der Waals surface area contributed by atoms with Gasteiger partial charge in [0.25, 0.3) is 5.56 Å². The van der Waals surface area contributed by atoms with Crippen LogP contribution in [0.1, 0.15) is 12.0 Å². The third-order valence-electron chi connectivity index (χ3n) is 4.15. The number of alkyl halides is 3. The standard InChI is InChI=1S/C16H14F3N3O4/c17-16(18,19)10-5-8(11-2-4-14(24)21-20-11)1-3-12(10)22-7-9(23)6-13(22)15(25)26/h1-5,9,13,23H,6-7H2,(H,21,24)(H,25,26)/t9?,13-/m0/s1. The predicted molar refractivity (Wildman–Crippen MR) is 84.7 cm³/mol. The van der Waals surface area contributed by atoms with E-state index in [0.717, 1.165) is 23.1 Å². The monoisotopic (exact) mass is 369 g/mol. The number of nitrogens with zero attached hydrogens (tertiary/aromatic N) is 2. The van der Waals surface area contributed by atoms with Crippen LogP contribution in [0.15, 0.2) is 35.1 Å². The van der Waals surface area contributed by atoms with Crippen molar-refractivity contribution in [1.82, 2.24) is 10.2 Å². The van der Waals surface area contributed by atoms with Crippen molar-refractivity contribution in [3.63, 3.8) is 0 Å². The average Bonchev–Trinajstić information content (AvgIpc) is 2.96. The van der Waals surface area contributed by atoms with Crippen molar-refractivity contribution in [3.8, 4) is 11.3 Å². The molecule has 1 aliphatic heterocycles. The minimum atomic E-state index is -4.75. The predicted octanol–water partition coefficient (Wildman–Crippen LogP) is 1.48. The molecule has 1 saturated heterocycles. The van der Waals surface area contributed by atoms with E-state index in [0.29, 0.717) is 0 Å². The molecule has 0 saturated carbocycles. The van der Waals surface area contributed by atoms with E-state index in [1.807, 2.05) is 0 Å². The summed E-state index contributed by atoms with van der Waals surface area (Å²) in [5.41, 5.74) is -1.60. The Morgan fingerprint density at radius 1 is 1.27 bits per heavy atom. The fourth-order valence-corrected chi connectivity index (χ4v) is 2.99. The first kappa shape index (κ1) is 17.9. The fourth-order valence-electron chi connectivity index (χ4n) is 2.99. The molecule has 1 aromatic heterocycles. The van der Waals surface area contributed by atoms with Crippen molar-refractivity contribution in [2.75, 3.05) is 11.4 Å². The van der Waals surface area contributed by atoms with E-state index in [-0.39, 0.29) is 29.9 Å². The summed E-state index contributed by atoms with van der Waals surface area (Å²) in [7, 11) is 0. The van der Waals surface area contributed by atoms with Gasteiger partial charge in [-0.1, -0.05) is 6.07 Å². The highest BCUT2D eigenvalue weighted by Crippen LogP contribution is 2.41. The Labute approximate surface area is 144 Å². The smallest absolute Gasteiger partial charge is 0.418 e. The highest BCUT2D eigenvalue weighted by atomic mass is 19.4. The number of aliphatic hydroxyl groups excluding tert-OH is 1. The number of carbonyl (C=O) groups is 1. The summed E-state index contributed by atoms with van der Waals surface area (Å²) in [6, 6.07) is 4.53. The number of aromatic amines is 1. The first-order chi connectivity index (χ1) is 12.2. The first-order valence-corrected chi connectivity index (χ1v) is 7.61. The Morgan fingerprint density at radius 3 is 2.58 bits per heavy atom. The van der Waals surface area contributed by atoms with Gasteiger partial charge in [-0.05, 0) is 18.2 Å². The van der Waals surface area contributed by atoms with E-state index in [2.05, 4.69) is 10.2 Å². The molecule has 2 atom stereocenters. The number of halogens is 3. The quantitative estimate of drug-likeness (QED) is 0.757. The van der Waals surface area contributed by atoms with Crippen LogP contribution >= 0.6 is 0 Å². The Hall–Kier alpha value is -2.88. The molecule has 0 radical (unpaired) electrons. The molecular formula is C16H14F3N3O4. The number of rotatable bonds is 3. The molecule has 1 aromatic carbocycles. The highest BCUT2D eigenvalue weighted by Gasteiger charge is 2.41. The molecule has 26 heavy (non-hydrogen) atoms. The summed E-state index contributed by atoms with van der Waals surface area (Å²) in [4.78, 5) is 23.4. The van der Waals surface area contributed by atoms with Crippen molar-refractivity contribution >= 4 is 11.7 Å². The molecule has 0 aliphatic carbocycles. The van der Waals surface area contributed by atoms with Crippen LogP contribution < -0.4 is 10.5 Å². The van der Waals surface area contributed by atoms with Gasteiger partial charge >= 0.3 is 12.1 Å². The number of hydrogen-bond donors (Lipinski definition) is 3. The lowest BCUT2D eigenvalue weighted by Crippen LogP contribution is -2.37. The average molecular weight is 369 g/mol. The maximum Gasteiger partial charge on any atom is 0.418 e. The number of hydrogen-bond acceptors (Lipinski definition) is 5. The molecule has 0 amide bonds. The van der Waals surface area contributed by atoms with Gasteiger partial charge < -0.3 is 15.1 Å². The molecule has 0 spiro atoms. The van der Waals surface area contributed by atoms with Gasteiger partial charge in [0.15, 0.2) is 0 Å². The number of H-pyrrole nitrogens is 1. The number of carboxylic acid groups (broad SMARTS) is 1. The number of nitrogens with one attached hydrogen (secondary N) is 1. The minimum absolute atomic E-state index is 0.115. The van der Waals surface area contributed by atoms with Gasteiger partial charge in [0, 0.05) is 30.3 Å². The lowest BCUT2D eigenvalue weighted by molar-refractivity contribution is -0.140. The van der Waals surface area contributed by atoms with E-state index < -0.39 is 35.4 Å². The van der Waals surface area contributed by atoms with Crippen LogP contribution in [0.5, 0.6) is 0 Å². The number of anilines is 1. The van der Waals surface area contributed by atoms with Crippen LogP contribution in [0.3, 0.4) is 0 Å². The molecular weight excluding hydrogens is 355 g/mol. The number of carboxylic acids is 1. The highest BCUT2D eigenvalue weighted by molar-refractivity contribution is 5.80. The molecule has 138 valence electrons. The zero-order valence-corrected chi connectivity index (χ0v) is 13.2. The number of benzene rings is 1. The van der Waals surface area contributed by atoms with Crippen molar-refractivity contribution in [2.24, 2.45) is 0 Å². The minimum Gasteiger partial charge on any atom is -0.480 e. The van der Waals surface area contributed by atoms with E-state index in [1.165, 1.54) is 12.1 Å². The van der Waals surface area contributed by atoms with Crippen LogP contribution in [-0.2, 0) is 11.0 Å². The molecule has 7 nitrogen and oxygen atoms in total. The zero-order chi connectivity index (χ0) is 19.1. The molecule has 3 N–H and O–H groups in total. The first-order valence-electron chi connectivity index (χ1n) is 7.61. The maximum absolute atomic E-state index is 13.6. The van der Waals surface area contributed by atoms with Gasteiger partial charge in [-0.25, -0.2) is 9.89 Å². The van der Waals surface area contributed by atoms with Gasteiger partial charge in [0.1, 0.15) is 6.04 Å². The molecule has 3 rings (SSSR count). The zero-order valence-electron chi connectivity index (χ0n) is 13.2. The molecule has 1 unspecified atom stereocenters. The summed E-state index contributed by atoms with van der Waals surface area (Å²) >= 11 is 0. The van der Waals surface area contributed by atoms with Crippen LogP contribution in [0.2, 0.25) is 0 Å². The van der Waals surface area contributed by atoms with Gasteiger partial charge in [-0.2, -0.15) is 18.3 Å². The van der Waals surface area contributed by atoms with E-state index in [9.17, 15) is 33.0 Å². The van der Waals surface area contributed by atoms with Crippen molar-refractivity contribution in [1.29, 1.82) is 0 Å². The number of β-amino-alcohol motifs (C(OH)–C–C–N with tert-alkyl or cyclic N) is 1. The van der Waals surface area contributed by atoms with Crippen molar-refractivity contribution < 1.29 is 28.2 Å². The second kappa shape index (κ2) is 6.45. The molecule has 1 fully saturated rings. The molecule has 0 bridgehead atoms. The summed E-state index contributed by atoms with van der Waals surface area (Å²) < 4.78 is 40.7. The summed E-state index contributed by atoms with van der Waals surface area (Å²) in [5, 5.41) is 24.8. The summed E-state index contributed by atoms with van der Waals surface area (Å²) in [6.45, 7) is -0.212. The Morgan fingerprint density at radius 2 is 2.00 bits per heavy atom. The Balaban J connectivity index is 2.10. The maximum atomic E-state index is 13.6. The van der Waals surface area contributed by atoms with Crippen LogP contribution in [-0.4, -0.2) is 45.1 Å². The second-order valence-corrected chi connectivity index (χ2v) is 5.93. The van der Waals surface area contributed by atoms with Gasteiger partial charge in [0.05, 0.1) is 17.4 Å². The summed E-state index contributed by atoms with van der Waals surface area (Å²) in [5.74, 6) is -1.30. The third-order valence-corrected chi connectivity index (χ3v) is 4.15. The molecule has 2 aromatic rings. The Kier molecular flexibility index (Phi) is 4.45. The molecule has 2 heterocycles. The Bertz CT molecular complexity index is 877. The van der Waals surface area contributed by atoms with Crippen LogP contribution in [0, 0.1) is 0 Å². The van der Waals surface area contributed by atoms with Crippen LogP contribution in [0.4, 0.5) is 18.9 Å². The lowest BCUT2D eigenvalue weighted by Gasteiger charge is -2.27. The van der Waals surface area contributed by atoms with Crippen LogP contribution in [0.25, 0.3) is 11.3 Å². The van der Waals surface area contributed by atoms with Gasteiger partial charge in [-0.3, -0.25) is 4.79 Å². The van der Waals surface area contributed by atoms with Crippen molar-refractivity contribution in [3.05, 3.63) is 46.2 Å². The fraction of sp³-hybridized carbons (Fsp3) is 0.312. The summed E-state index contributed by atoms with van der Waals surface area (Å²) in [6.07, 6.45) is -5.93. The number of aliphatic hydroxyl groups is 1. The SMILES string of the molecule is O=C(O)[C@@H]1CC(O)CN1c1ccc(-c2ccc(=O)[nH]n2)cc1C(F)(F)F.